The Labute approximate surface area is 155 Å². The van der Waals surface area contributed by atoms with Crippen LogP contribution in [0, 0.1) is 11.8 Å². The van der Waals surface area contributed by atoms with Crippen molar-refractivity contribution in [1.82, 2.24) is 10.2 Å². The van der Waals surface area contributed by atoms with Gasteiger partial charge in [0.05, 0.1) is 24.0 Å². The van der Waals surface area contributed by atoms with Gasteiger partial charge in [0.25, 0.3) is 0 Å². The lowest BCUT2D eigenvalue weighted by atomic mass is 9.81. The number of rotatable bonds is 6. The maximum absolute atomic E-state index is 12.6. The second-order valence-corrected chi connectivity index (χ2v) is 7.17. The molecule has 2 bridgehead atoms. The molecule has 0 radical (unpaired) electrons. The van der Waals surface area contributed by atoms with Gasteiger partial charge >= 0.3 is 5.97 Å². The normalized spacial score (nSPS) is 29.7. The molecule has 0 saturated carbocycles. The van der Waals surface area contributed by atoms with Crippen LogP contribution in [0.3, 0.4) is 0 Å². The van der Waals surface area contributed by atoms with Gasteiger partial charge in [0.1, 0.15) is 0 Å². The van der Waals surface area contributed by atoms with E-state index in [1.165, 1.54) is 0 Å². The standard InChI is InChI=1S/C19H20N2O6/c22-13(20-16(19(25)26)10-4-2-1-3-5-10)8-9-21-17(23)14-11-6-7-12(27-11)15(14)18(21)24/h1-5,11-12,14-16H,6-9H2,(H,20,22)(H,25,26)/t11?,12?,14?,15?,16-/m0/s1. The van der Waals surface area contributed by atoms with E-state index in [9.17, 15) is 24.3 Å². The third-order valence-electron chi connectivity index (χ3n) is 5.62. The summed E-state index contributed by atoms with van der Waals surface area (Å²) in [5, 5.41) is 11.8. The van der Waals surface area contributed by atoms with Crippen LogP contribution < -0.4 is 5.32 Å². The van der Waals surface area contributed by atoms with Gasteiger partial charge in [0.2, 0.25) is 17.7 Å². The number of carboxylic acids is 1. The van der Waals surface area contributed by atoms with Crippen LogP contribution in [0.1, 0.15) is 30.9 Å². The topological polar surface area (TPSA) is 113 Å². The number of carbonyl (C=O) groups excluding carboxylic acids is 3. The molecular weight excluding hydrogens is 352 g/mol. The first-order valence-corrected chi connectivity index (χ1v) is 9.05. The average Bonchev–Trinajstić information content (AvgIpc) is 3.33. The van der Waals surface area contributed by atoms with Crippen LogP contribution in [0.25, 0.3) is 0 Å². The van der Waals surface area contributed by atoms with Crippen molar-refractivity contribution in [3.8, 4) is 0 Å². The van der Waals surface area contributed by atoms with E-state index in [-0.39, 0.29) is 37.0 Å². The summed E-state index contributed by atoms with van der Waals surface area (Å²) in [5.41, 5.74) is 0.454. The summed E-state index contributed by atoms with van der Waals surface area (Å²) in [6, 6.07) is 7.19. The number of nitrogens with one attached hydrogen (secondary N) is 1. The molecular formula is C19H20N2O6. The van der Waals surface area contributed by atoms with Crippen molar-refractivity contribution < 1.29 is 29.0 Å². The highest BCUT2D eigenvalue weighted by Gasteiger charge is 2.62. The highest BCUT2D eigenvalue weighted by molar-refractivity contribution is 6.06. The fourth-order valence-corrected chi connectivity index (χ4v) is 4.37. The summed E-state index contributed by atoms with van der Waals surface area (Å²) >= 11 is 0. The number of nitrogens with zero attached hydrogens (tertiary/aromatic N) is 1. The highest BCUT2D eigenvalue weighted by Crippen LogP contribution is 2.48. The Balaban J connectivity index is 1.37. The van der Waals surface area contributed by atoms with Gasteiger partial charge in [-0.1, -0.05) is 30.3 Å². The van der Waals surface area contributed by atoms with Crippen molar-refractivity contribution in [3.63, 3.8) is 0 Å². The lowest BCUT2D eigenvalue weighted by Gasteiger charge is -2.19. The molecule has 3 fully saturated rings. The second-order valence-electron chi connectivity index (χ2n) is 7.17. The molecule has 8 heteroatoms. The van der Waals surface area contributed by atoms with Crippen LogP contribution in [-0.2, 0) is 23.9 Å². The molecule has 0 aromatic heterocycles. The van der Waals surface area contributed by atoms with Gasteiger partial charge in [-0.3, -0.25) is 19.3 Å². The summed E-state index contributed by atoms with van der Waals surface area (Å²) in [5.74, 6) is -3.09. The molecule has 4 rings (SSSR count). The lowest BCUT2D eigenvalue weighted by Crippen LogP contribution is -2.39. The first-order chi connectivity index (χ1) is 13.0. The molecule has 3 aliphatic heterocycles. The molecule has 2 N–H and O–H groups in total. The van der Waals surface area contributed by atoms with Gasteiger partial charge in [0, 0.05) is 13.0 Å². The van der Waals surface area contributed by atoms with E-state index in [1.54, 1.807) is 30.3 Å². The minimum atomic E-state index is -1.17. The van der Waals surface area contributed by atoms with E-state index < -0.39 is 29.8 Å². The van der Waals surface area contributed by atoms with Crippen LogP contribution in [0.2, 0.25) is 0 Å². The number of hydrogen-bond acceptors (Lipinski definition) is 5. The van der Waals surface area contributed by atoms with Gasteiger partial charge in [0.15, 0.2) is 6.04 Å². The van der Waals surface area contributed by atoms with Crippen molar-refractivity contribution in [1.29, 1.82) is 0 Å². The molecule has 142 valence electrons. The van der Waals surface area contributed by atoms with Gasteiger partial charge in [-0.2, -0.15) is 0 Å². The van der Waals surface area contributed by atoms with E-state index in [1.807, 2.05) is 0 Å². The monoisotopic (exact) mass is 372 g/mol. The first kappa shape index (κ1) is 17.7. The van der Waals surface area contributed by atoms with Gasteiger partial charge in [-0.25, -0.2) is 4.79 Å². The van der Waals surface area contributed by atoms with E-state index in [0.717, 1.165) is 17.7 Å². The van der Waals surface area contributed by atoms with E-state index >= 15 is 0 Å². The number of imide groups is 1. The summed E-state index contributed by atoms with van der Waals surface area (Å²) < 4.78 is 5.67. The molecule has 3 aliphatic rings. The van der Waals surface area contributed by atoms with Crippen LogP contribution in [-0.4, -0.2) is 52.4 Å². The summed E-state index contributed by atoms with van der Waals surface area (Å²) in [7, 11) is 0. The number of benzene rings is 1. The highest BCUT2D eigenvalue weighted by atomic mass is 16.5. The Morgan fingerprint density at radius 2 is 1.70 bits per heavy atom. The number of hydrogen-bond donors (Lipinski definition) is 2. The molecule has 8 nitrogen and oxygen atoms in total. The fraction of sp³-hybridized carbons (Fsp3) is 0.474. The third-order valence-corrected chi connectivity index (χ3v) is 5.62. The molecule has 27 heavy (non-hydrogen) atoms. The Morgan fingerprint density at radius 1 is 1.11 bits per heavy atom. The zero-order valence-electron chi connectivity index (χ0n) is 14.5. The number of likely N-dealkylation sites (tertiary alicyclic amines) is 1. The van der Waals surface area contributed by atoms with E-state index in [2.05, 4.69) is 5.32 Å². The quantitative estimate of drug-likeness (QED) is 0.703. The lowest BCUT2D eigenvalue weighted by molar-refractivity contribution is -0.144. The van der Waals surface area contributed by atoms with Crippen molar-refractivity contribution >= 4 is 23.7 Å². The SMILES string of the molecule is O=C(CCN1C(=O)C2C3CCC(O3)C2C1=O)N[C@H](C(=O)O)c1ccccc1. The number of fused-ring (bicyclic) bond motifs is 5. The van der Waals surface area contributed by atoms with Crippen molar-refractivity contribution in [2.75, 3.05) is 6.54 Å². The third kappa shape index (κ3) is 2.99. The first-order valence-electron chi connectivity index (χ1n) is 9.05. The molecule has 1 aromatic carbocycles. The number of amides is 3. The molecule has 5 atom stereocenters. The average molecular weight is 372 g/mol. The second kappa shape index (κ2) is 6.77. The molecule has 3 amide bonds. The van der Waals surface area contributed by atoms with Gasteiger partial charge in [-0.05, 0) is 18.4 Å². The maximum atomic E-state index is 12.6. The van der Waals surface area contributed by atoms with Crippen molar-refractivity contribution in [2.24, 2.45) is 11.8 Å². The Morgan fingerprint density at radius 3 is 2.26 bits per heavy atom. The van der Waals surface area contributed by atoms with Crippen LogP contribution in [0.4, 0.5) is 0 Å². The molecule has 3 heterocycles. The maximum Gasteiger partial charge on any atom is 0.330 e. The van der Waals surface area contributed by atoms with Crippen LogP contribution in [0.15, 0.2) is 30.3 Å². The van der Waals surface area contributed by atoms with Crippen LogP contribution >= 0.6 is 0 Å². The minimum Gasteiger partial charge on any atom is -0.479 e. The smallest absolute Gasteiger partial charge is 0.330 e. The summed E-state index contributed by atoms with van der Waals surface area (Å²) in [6.45, 7) is -0.0446. The largest absolute Gasteiger partial charge is 0.479 e. The molecule has 4 unspecified atom stereocenters. The van der Waals surface area contributed by atoms with Crippen molar-refractivity contribution in [3.05, 3.63) is 35.9 Å². The van der Waals surface area contributed by atoms with Crippen molar-refractivity contribution in [2.45, 2.75) is 37.5 Å². The predicted molar refractivity (Wildman–Crippen MR) is 91.2 cm³/mol. The van der Waals surface area contributed by atoms with E-state index in [0.29, 0.717) is 5.56 Å². The number of carboxylic acid groups (broad SMARTS) is 1. The predicted octanol–water partition coefficient (Wildman–Crippen LogP) is 0.481. The number of ether oxygens (including phenoxy) is 1. The van der Waals surface area contributed by atoms with E-state index in [4.69, 9.17) is 4.74 Å². The summed E-state index contributed by atoms with van der Waals surface area (Å²) in [6.07, 6.45) is 1.06. The zero-order valence-corrected chi connectivity index (χ0v) is 14.5. The molecule has 3 saturated heterocycles. The zero-order chi connectivity index (χ0) is 19.1. The molecule has 0 spiro atoms. The fourth-order valence-electron chi connectivity index (χ4n) is 4.37. The minimum absolute atomic E-state index is 0.0446. The van der Waals surface area contributed by atoms with Gasteiger partial charge < -0.3 is 15.2 Å². The van der Waals surface area contributed by atoms with Gasteiger partial charge in [-0.15, -0.1) is 0 Å². The Kier molecular flexibility index (Phi) is 4.43. The number of aliphatic carboxylic acids is 1. The molecule has 0 aliphatic carbocycles. The Hall–Kier alpha value is -2.74. The van der Waals surface area contributed by atoms with Crippen LogP contribution in [0.5, 0.6) is 0 Å². The Bertz CT molecular complexity index is 767. The number of carbonyl (C=O) groups is 4. The molecule has 1 aromatic rings. The summed E-state index contributed by atoms with van der Waals surface area (Å²) in [4.78, 5) is 49.9.